The summed E-state index contributed by atoms with van der Waals surface area (Å²) in [6.07, 6.45) is -11.3. The second-order valence-electron chi connectivity index (χ2n) is 8.43. The van der Waals surface area contributed by atoms with Crippen LogP contribution in [-0.4, -0.2) is 12.7 Å². The van der Waals surface area contributed by atoms with Crippen LogP contribution in [0.4, 0.5) is 37.7 Å². The lowest BCUT2D eigenvalue weighted by Gasteiger charge is -2.35. The predicted octanol–water partition coefficient (Wildman–Crippen LogP) is 8.14. The molecule has 1 aliphatic rings. The maximum absolute atomic E-state index is 12.7. The van der Waals surface area contributed by atoms with Crippen LogP contribution in [0, 0.1) is 0 Å². The zero-order chi connectivity index (χ0) is 27.6. The molecule has 0 radical (unpaired) electrons. The lowest BCUT2D eigenvalue weighted by atomic mass is 10.1. The topological polar surface area (TPSA) is 34.2 Å². The predicted molar refractivity (Wildman–Crippen MR) is 131 cm³/mol. The Morgan fingerprint density at radius 1 is 0.487 bits per heavy atom. The molecule has 0 aliphatic carbocycles. The first-order valence-corrected chi connectivity index (χ1v) is 11.6. The number of para-hydroxylation sites is 2. The van der Waals surface area contributed by atoms with Crippen LogP contribution >= 0.6 is 0 Å². The summed E-state index contributed by atoms with van der Waals surface area (Å²) in [6.45, 7) is 0. The number of ether oxygens (including phenoxy) is 3. The molecule has 5 rings (SSSR count). The zero-order valence-electron chi connectivity index (χ0n) is 19.9. The van der Waals surface area contributed by atoms with E-state index in [9.17, 15) is 26.3 Å². The van der Waals surface area contributed by atoms with Crippen molar-refractivity contribution in [2.24, 2.45) is 0 Å². The van der Waals surface area contributed by atoms with E-state index in [1.165, 1.54) is 48.5 Å². The molecule has 0 N–H and O–H groups in total. The second-order valence-corrected chi connectivity index (χ2v) is 8.43. The van der Waals surface area contributed by atoms with Gasteiger partial charge in [-0.05, 0) is 48.5 Å². The van der Waals surface area contributed by atoms with Crippen molar-refractivity contribution in [1.29, 1.82) is 0 Å². The fourth-order valence-corrected chi connectivity index (χ4v) is 4.25. The van der Waals surface area contributed by atoms with E-state index in [1.807, 2.05) is 70.7 Å². The summed E-state index contributed by atoms with van der Waals surface area (Å²) in [5.74, 6) is -0.764. The third-order valence-corrected chi connectivity index (χ3v) is 5.77. The highest BCUT2D eigenvalue weighted by Gasteiger charge is 2.43. The molecular formula is C28H20F6N2O3. The Kier molecular flexibility index (Phi) is 7.00. The van der Waals surface area contributed by atoms with Crippen LogP contribution in [0.3, 0.4) is 0 Å². The van der Waals surface area contributed by atoms with E-state index in [1.54, 1.807) is 0 Å². The van der Waals surface area contributed by atoms with Gasteiger partial charge in [0, 0.05) is 11.1 Å². The van der Waals surface area contributed by atoms with E-state index in [0.29, 0.717) is 22.5 Å². The maximum atomic E-state index is 12.7. The molecule has 0 spiro atoms. The number of hydrogen-bond donors (Lipinski definition) is 0. The van der Waals surface area contributed by atoms with Gasteiger partial charge in [0.15, 0.2) is 12.5 Å². The molecule has 11 heteroatoms. The minimum atomic E-state index is -4.83. The first-order valence-electron chi connectivity index (χ1n) is 11.6. The highest BCUT2D eigenvalue weighted by atomic mass is 19.4. The molecular weight excluding hydrogens is 526 g/mol. The molecule has 4 aromatic carbocycles. The van der Waals surface area contributed by atoms with Gasteiger partial charge in [0.2, 0.25) is 0 Å². The van der Waals surface area contributed by atoms with Crippen molar-refractivity contribution >= 4 is 11.4 Å². The molecule has 202 valence electrons. The molecule has 0 saturated carbocycles. The Morgan fingerprint density at radius 2 is 0.821 bits per heavy atom. The Balaban J connectivity index is 1.57. The molecule has 39 heavy (non-hydrogen) atoms. The summed E-state index contributed by atoms with van der Waals surface area (Å²) in [5.41, 5.74) is 2.46. The highest BCUT2D eigenvalue weighted by molar-refractivity contribution is 5.62. The molecule has 2 unspecified atom stereocenters. The van der Waals surface area contributed by atoms with Gasteiger partial charge < -0.3 is 14.2 Å². The third kappa shape index (κ3) is 6.20. The van der Waals surface area contributed by atoms with Crippen LogP contribution in [-0.2, 0) is 4.74 Å². The standard InChI is InChI=1S/C28H20F6N2O3/c29-27(30,31)38-23-15-11-19(12-16-23)25-35(21-7-3-1-4-8-21)36(22-9-5-2-6-10-22)26(37-25)20-13-17-24(18-14-20)39-28(32,33)34/h1-18,25-26H. The van der Waals surface area contributed by atoms with E-state index < -0.39 is 25.2 Å². The van der Waals surface area contributed by atoms with Crippen molar-refractivity contribution in [3.05, 3.63) is 120 Å². The van der Waals surface area contributed by atoms with Crippen molar-refractivity contribution in [2.45, 2.75) is 25.2 Å². The van der Waals surface area contributed by atoms with Gasteiger partial charge in [-0.15, -0.1) is 26.3 Å². The number of hydrogen-bond acceptors (Lipinski definition) is 5. The highest BCUT2D eigenvalue weighted by Crippen LogP contribution is 2.47. The van der Waals surface area contributed by atoms with Crippen LogP contribution in [0.1, 0.15) is 23.6 Å². The molecule has 1 aliphatic heterocycles. The Labute approximate surface area is 219 Å². The van der Waals surface area contributed by atoms with E-state index in [0.717, 1.165) is 0 Å². The van der Waals surface area contributed by atoms with Gasteiger partial charge in [0.1, 0.15) is 11.5 Å². The largest absolute Gasteiger partial charge is 0.573 e. The molecule has 1 saturated heterocycles. The molecule has 0 aromatic heterocycles. The summed E-state index contributed by atoms with van der Waals surface area (Å²) in [5, 5.41) is 3.67. The second kappa shape index (κ2) is 10.4. The maximum Gasteiger partial charge on any atom is 0.573 e. The summed E-state index contributed by atoms with van der Waals surface area (Å²) in [6, 6.07) is 29.0. The van der Waals surface area contributed by atoms with E-state index in [2.05, 4.69) is 9.47 Å². The Morgan fingerprint density at radius 3 is 1.13 bits per heavy atom. The third-order valence-electron chi connectivity index (χ3n) is 5.77. The number of nitrogens with zero attached hydrogens (tertiary/aromatic N) is 2. The lowest BCUT2D eigenvalue weighted by Crippen LogP contribution is -2.39. The van der Waals surface area contributed by atoms with Crippen LogP contribution in [0.25, 0.3) is 0 Å². The number of rotatable bonds is 6. The van der Waals surface area contributed by atoms with Crippen molar-refractivity contribution in [3.63, 3.8) is 0 Å². The number of alkyl halides is 6. The number of halogens is 6. The van der Waals surface area contributed by atoms with Gasteiger partial charge in [0.05, 0.1) is 11.4 Å². The van der Waals surface area contributed by atoms with Gasteiger partial charge >= 0.3 is 12.7 Å². The van der Waals surface area contributed by atoms with E-state index in [4.69, 9.17) is 4.74 Å². The summed E-state index contributed by atoms with van der Waals surface area (Å²) < 4.78 is 90.6. The molecule has 2 atom stereocenters. The van der Waals surface area contributed by atoms with Gasteiger partial charge in [-0.1, -0.05) is 60.7 Å². The molecule has 1 heterocycles. The SMILES string of the molecule is FC(F)(F)Oc1ccc(C2OC(c3ccc(OC(F)(F)F)cc3)N(c3ccccc3)N2c2ccccc2)cc1. The first kappa shape index (κ1) is 26.2. The van der Waals surface area contributed by atoms with Gasteiger partial charge in [-0.3, -0.25) is 0 Å². The Bertz CT molecular complexity index is 1260. The van der Waals surface area contributed by atoms with Gasteiger partial charge in [-0.2, -0.15) is 0 Å². The van der Waals surface area contributed by atoms with E-state index in [-0.39, 0.29) is 11.5 Å². The number of anilines is 2. The van der Waals surface area contributed by atoms with Crippen molar-refractivity contribution in [2.75, 3.05) is 10.0 Å². The fraction of sp³-hybridized carbons (Fsp3) is 0.143. The summed E-state index contributed by atoms with van der Waals surface area (Å²) in [4.78, 5) is 0. The van der Waals surface area contributed by atoms with Crippen LogP contribution in [0.15, 0.2) is 109 Å². The lowest BCUT2D eigenvalue weighted by molar-refractivity contribution is -0.275. The monoisotopic (exact) mass is 546 g/mol. The van der Waals surface area contributed by atoms with Crippen molar-refractivity contribution < 1.29 is 40.6 Å². The molecule has 5 nitrogen and oxygen atoms in total. The summed E-state index contributed by atoms with van der Waals surface area (Å²) >= 11 is 0. The average Bonchev–Trinajstić information content (AvgIpc) is 3.29. The van der Waals surface area contributed by atoms with E-state index >= 15 is 0 Å². The van der Waals surface area contributed by atoms with Crippen LogP contribution in [0.2, 0.25) is 0 Å². The van der Waals surface area contributed by atoms with Crippen molar-refractivity contribution in [3.8, 4) is 11.5 Å². The Hall–Kier alpha value is -4.38. The molecule has 0 bridgehead atoms. The fourth-order valence-electron chi connectivity index (χ4n) is 4.25. The first-order chi connectivity index (χ1) is 18.6. The van der Waals surface area contributed by atoms with Gasteiger partial charge in [-0.25, -0.2) is 10.0 Å². The average molecular weight is 546 g/mol. The quantitative estimate of drug-likeness (QED) is 0.228. The number of hydrazine groups is 1. The van der Waals surface area contributed by atoms with Crippen LogP contribution < -0.4 is 19.5 Å². The van der Waals surface area contributed by atoms with Gasteiger partial charge in [0.25, 0.3) is 0 Å². The zero-order valence-corrected chi connectivity index (χ0v) is 19.9. The molecule has 4 aromatic rings. The molecule has 1 fully saturated rings. The van der Waals surface area contributed by atoms with Crippen molar-refractivity contribution in [1.82, 2.24) is 0 Å². The number of benzene rings is 4. The summed E-state index contributed by atoms with van der Waals surface area (Å²) in [7, 11) is 0. The van der Waals surface area contributed by atoms with Crippen LogP contribution in [0.5, 0.6) is 11.5 Å². The minimum absolute atomic E-state index is 0.382. The smallest absolute Gasteiger partial charge is 0.406 e. The molecule has 0 amide bonds. The minimum Gasteiger partial charge on any atom is -0.406 e. The normalized spacial score (nSPS) is 17.8.